The smallest absolute Gasteiger partial charge is 0.328 e. The Morgan fingerprint density at radius 3 is 2.52 bits per heavy atom. The summed E-state index contributed by atoms with van der Waals surface area (Å²) in [4.78, 5) is 38.9. The lowest BCUT2D eigenvalue weighted by Crippen LogP contribution is -2.31. The van der Waals surface area contributed by atoms with Gasteiger partial charge in [0.1, 0.15) is 22.5 Å². The van der Waals surface area contributed by atoms with Crippen LogP contribution in [0.5, 0.6) is 0 Å². The van der Waals surface area contributed by atoms with E-state index in [2.05, 4.69) is 15.6 Å². The third-order valence-corrected chi connectivity index (χ3v) is 4.99. The highest BCUT2D eigenvalue weighted by Crippen LogP contribution is 2.28. The Morgan fingerprint density at radius 2 is 1.91 bits per heavy atom. The summed E-state index contributed by atoms with van der Waals surface area (Å²) in [6.07, 6.45) is 0. The van der Waals surface area contributed by atoms with Crippen molar-refractivity contribution in [1.29, 1.82) is 5.26 Å². The van der Waals surface area contributed by atoms with Crippen molar-refractivity contribution in [2.24, 2.45) is 14.1 Å². The first-order chi connectivity index (χ1) is 15.6. The Morgan fingerprint density at radius 1 is 1.27 bits per heavy atom. The molecule has 1 aromatic carbocycles. The minimum atomic E-state index is -0.382. The second-order valence-corrected chi connectivity index (χ2v) is 7.58. The number of carbonyl (C=O) groups excluding carboxylic acids is 1. The molecule has 0 aliphatic heterocycles. The van der Waals surface area contributed by atoms with Gasteiger partial charge < -0.3 is 20.6 Å². The van der Waals surface area contributed by atoms with Gasteiger partial charge in [0.15, 0.2) is 0 Å². The van der Waals surface area contributed by atoms with E-state index in [1.807, 2.05) is 31.1 Å². The summed E-state index contributed by atoms with van der Waals surface area (Å²) in [6, 6.07) is 8.89. The van der Waals surface area contributed by atoms with Crippen LogP contribution in [0.3, 0.4) is 0 Å². The molecule has 2 heterocycles. The zero-order chi connectivity index (χ0) is 24.7. The van der Waals surface area contributed by atoms with E-state index < -0.39 is 0 Å². The maximum Gasteiger partial charge on any atom is 0.328 e. The maximum absolute atomic E-state index is 12.4. The summed E-state index contributed by atoms with van der Waals surface area (Å²) >= 11 is 6.16. The number of amides is 1. The first-order valence-electron chi connectivity index (χ1n) is 9.68. The number of aryl methyl sites for hydroxylation is 2. The largest absolute Gasteiger partial charge is 0.483 e. The number of nitrogens with zero attached hydrogens (tertiary/aromatic N) is 5. The number of anilines is 2. The van der Waals surface area contributed by atoms with Gasteiger partial charge in [-0.05, 0) is 38.4 Å². The third kappa shape index (κ3) is 5.88. The first-order valence-corrected chi connectivity index (χ1v) is 10.1. The van der Waals surface area contributed by atoms with Crippen molar-refractivity contribution < 1.29 is 14.7 Å². The van der Waals surface area contributed by atoms with Crippen LogP contribution in [0.4, 0.5) is 11.4 Å². The standard InChI is InChI=1S/C20H22ClN7O2.CH2O2/c1-26(2)8-7-23-19(29)15-10-14(13(11-22)18(21)25-15)24-12-5-6-16-17(9-12)28(4)20(30)27(16)3;2-1-3/h5-6,9-10H,7-8H2,1-4H3,(H,23,29)(H,24,25);1H,(H,2,3). The van der Waals surface area contributed by atoms with Crippen LogP contribution in [0.25, 0.3) is 11.0 Å². The monoisotopic (exact) mass is 473 g/mol. The molecule has 0 atom stereocenters. The fraction of sp³-hybridized carbons (Fsp3) is 0.286. The molecule has 12 heteroatoms. The highest BCUT2D eigenvalue weighted by molar-refractivity contribution is 6.31. The topological polar surface area (TPSA) is 145 Å². The second-order valence-electron chi connectivity index (χ2n) is 7.23. The van der Waals surface area contributed by atoms with Crippen molar-refractivity contribution in [2.45, 2.75) is 0 Å². The summed E-state index contributed by atoms with van der Waals surface area (Å²) in [5, 5.41) is 22.2. The number of carbonyl (C=O) groups is 2. The highest BCUT2D eigenvalue weighted by Gasteiger charge is 2.17. The summed E-state index contributed by atoms with van der Waals surface area (Å²) in [7, 11) is 7.21. The Hall–Kier alpha value is -3.88. The Kier molecular flexibility index (Phi) is 8.56. The average Bonchev–Trinajstić information content (AvgIpc) is 2.97. The Labute approximate surface area is 194 Å². The van der Waals surface area contributed by atoms with Crippen LogP contribution in [0.1, 0.15) is 16.1 Å². The molecule has 0 spiro atoms. The Balaban J connectivity index is 0.00000122. The lowest BCUT2D eigenvalue weighted by Gasteiger charge is -2.13. The predicted octanol–water partition coefficient (Wildman–Crippen LogP) is 1.53. The maximum atomic E-state index is 12.4. The summed E-state index contributed by atoms with van der Waals surface area (Å²) in [5.74, 6) is -0.382. The van der Waals surface area contributed by atoms with E-state index in [1.165, 1.54) is 10.6 Å². The van der Waals surface area contributed by atoms with Crippen molar-refractivity contribution in [1.82, 2.24) is 24.3 Å². The number of aromatic nitrogens is 3. The van der Waals surface area contributed by atoms with Crippen molar-refractivity contribution in [3.05, 3.63) is 51.2 Å². The summed E-state index contributed by atoms with van der Waals surface area (Å²) in [6.45, 7) is 0.878. The van der Waals surface area contributed by atoms with E-state index in [9.17, 15) is 14.9 Å². The fourth-order valence-corrected chi connectivity index (χ4v) is 3.29. The molecule has 0 aliphatic rings. The molecule has 0 bridgehead atoms. The SMILES string of the molecule is CN(C)CCNC(=O)c1cc(Nc2ccc3c(c2)n(C)c(=O)n3C)c(C#N)c(Cl)n1.O=CO. The van der Waals surface area contributed by atoms with Gasteiger partial charge in [0.2, 0.25) is 0 Å². The van der Waals surface area contributed by atoms with E-state index in [1.54, 1.807) is 30.8 Å². The van der Waals surface area contributed by atoms with Gasteiger partial charge in [-0.3, -0.25) is 18.7 Å². The number of hydrogen-bond acceptors (Lipinski definition) is 7. The molecule has 11 nitrogen and oxygen atoms in total. The number of imidazole rings is 1. The van der Waals surface area contributed by atoms with Crippen molar-refractivity contribution >= 4 is 46.4 Å². The normalized spacial score (nSPS) is 10.3. The van der Waals surface area contributed by atoms with E-state index in [0.717, 1.165) is 11.0 Å². The van der Waals surface area contributed by atoms with E-state index in [4.69, 9.17) is 21.5 Å². The van der Waals surface area contributed by atoms with Gasteiger partial charge in [-0.15, -0.1) is 0 Å². The molecule has 3 aromatic rings. The molecular formula is C21H24ClN7O4. The van der Waals surface area contributed by atoms with Crippen LogP contribution in [-0.4, -0.2) is 63.7 Å². The third-order valence-electron chi connectivity index (χ3n) is 4.72. The van der Waals surface area contributed by atoms with Gasteiger partial charge in [0, 0.05) is 32.9 Å². The second kappa shape index (κ2) is 11.1. The van der Waals surface area contributed by atoms with Crippen LogP contribution in [0.15, 0.2) is 29.1 Å². The van der Waals surface area contributed by atoms with Crippen molar-refractivity contribution in [2.75, 3.05) is 32.5 Å². The van der Waals surface area contributed by atoms with Crippen molar-refractivity contribution in [3.8, 4) is 6.07 Å². The van der Waals surface area contributed by atoms with Gasteiger partial charge in [-0.1, -0.05) is 11.6 Å². The average molecular weight is 474 g/mol. The molecule has 0 unspecified atom stereocenters. The number of halogens is 1. The molecule has 1 amide bonds. The molecule has 0 fully saturated rings. The van der Waals surface area contributed by atoms with Crippen LogP contribution in [0.2, 0.25) is 5.15 Å². The lowest BCUT2D eigenvalue weighted by atomic mass is 10.2. The van der Waals surface area contributed by atoms with Gasteiger partial charge in [-0.2, -0.15) is 5.26 Å². The molecule has 0 aliphatic carbocycles. The number of nitrogens with one attached hydrogen (secondary N) is 2. The zero-order valence-electron chi connectivity index (χ0n) is 18.6. The van der Waals surface area contributed by atoms with E-state index >= 15 is 0 Å². The van der Waals surface area contributed by atoms with E-state index in [-0.39, 0.29) is 34.5 Å². The summed E-state index contributed by atoms with van der Waals surface area (Å²) < 4.78 is 3.09. The minimum Gasteiger partial charge on any atom is -0.483 e. The molecule has 2 aromatic heterocycles. The quantitative estimate of drug-likeness (QED) is 0.361. The molecule has 174 valence electrons. The molecular weight excluding hydrogens is 450 g/mol. The fourth-order valence-electron chi connectivity index (χ4n) is 3.06. The number of likely N-dealkylation sites (N-methyl/N-ethyl adjacent to an activating group) is 1. The lowest BCUT2D eigenvalue weighted by molar-refractivity contribution is -0.122. The number of rotatable bonds is 6. The van der Waals surface area contributed by atoms with Crippen LogP contribution >= 0.6 is 11.6 Å². The number of nitriles is 1. The molecule has 0 saturated carbocycles. The van der Waals surface area contributed by atoms with Gasteiger partial charge in [0.25, 0.3) is 12.4 Å². The first kappa shape index (κ1) is 25.4. The van der Waals surface area contributed by atoms with Gasteiger partial charge >= 0.3 is 5.69 Å². The molecule has 0 radical (unpaired) electrons. The number of hydrogen-bond donors (Lipinski definition) is 3. The zero-order valence-corrected chi connectivity index (χ0v) is 19.3. The number of benzene rings is 1. The van der Waals surface area contributed by atoms with Gasteiger partial charge in [-0.25, -0.2) is 9.78 Å². The molecule has 0 saturated heterocycles. The Bertz CT molecular complexity index is 1270. The molecule has 33 heavy (non-hydrogen) atoms. The number of fused-ring (bicyclic) bond motifs is 1. The number of carboxylic acid groups (broad SMARTS) is 1. The molecule has 3 N–H and O–H groups in total. The van der Waals surface area contributed by atoms with Crippen molar-refractivity contribution in [3.63, 3.8) is 0 Å². The minimum absolute atomic E-state index is 0.0616. The predicted molar refractivity (Wildman–Crippen MR) is 125 cm³/mol. The van der Waals surface area contributed by atoms with E-state index in [0.29, 0.717) is 24.5 Å². The number of pyridine rings is 1. The highest BCUT2D eigenvalue weighted by atomic mass is 35.5. The van der Waals surface area contributed by atoms with Gasteiger partial charge in [0.05, 0.1) is 16.7 Å². The van der Waals surface area contributed by atoms with Crippen LogP contribution < -0.4 is 16.3 Å². The van der Waals surface area contributed by atoms with Crippen LogP contribution in [0, 0.1) is 11.3 Å². The molecule has 3 rings (SSSR count). The summed E-state index contributed by atoms with van der Waals surface area (Å²) in [5.41, 5.74) is 2.60. The van der Waals surface area contributed by atoms with Crippen LogP contribution in [-0.2, 0) is 18.9 Å².